The molecule has 0 spiro atoms. The number of thioether (sulfide) groups is 1. The molecule has 2 aromatic carbocycles. The van der Waals surface area contributed by atoms with Gasteiger partial charge in [-0.05, 0) is 12.1 Å². The van der Waals surface area contributed by atoms with Crippen LogP contribution in [-0.4, -0.2) is 47.5 Å². The van der Waals surface area contributed by atoms with Crippen LogP contribution in [0.3, 0.4) is 0 Å². The van der Waals surface area contributed by atoms with Crippen molar-refractivity contribution in [3.05, 3.63) is 66.2 Å². The van der Waals surface area contributed by atoms with E-state index in [2.05, 4.69) is 0 Å². The number of hydrogen-bond donors (Lipinski definition) is 1. The molecular weight excluding hydrogens is 380 g/mol. The molecule has 148 valence electrons. The van der Waals surface area contributed by atoms with Gasteiger partial charge in [0.15, 0.2) is 12.4 Å². The first-order valence-electron chi connectivity index (χ1n) is 9.16. The molecule has 7 heteroatoms. The highest BCUT2D eigenvalue weighted by atomic mass is 32.2. The summed E-state index contributed by atoms with van der Waals surface area (Å²) >= 11 is 1.40. The Morgan fingerprint density at radius 2 is 1.75 bits per heavy atom. The molecule has 0 amide bonds. The average molecular weight is 402 g/mol. The normalized spacial score (nSPS) is 32.4. The minimum absolute atomic E-state index is 0.278. The van der Waals surface area contributed by atoms with Gasteiger partial charge in [0.2, 0.25) is 0 Å². The zero-order chi connectivity index (χ0) is 19.5. The summed E-state index contributed by atoms with van der Waals surface area (Å²) in [6.45, 7) is 1.60. The molecule has 28 heavy (non-hydrogen) atoms. The lowest BCUT2D eigenvalue weighted by Gasteiger charge is -2.47. The number of fused-ring (bicyclic) bond motifs is 1. The summed E-state index contributed by atoms with van der Waals surface area (Å²) < 4.78 is 23.4. The predicted octanol–water partition coefficient (Wildman–Crippen LogP) is 2.91. The van der Waals surface area contributed by atoms with Crippen LogP contribution in [0.15, 0.2) is 65.6 Å². The predicted molar refractivity (Wildman–Crippen MR) is 103 cm³/mol. The summed E-state index contributed by atoms with van der Waals surface area (Å²) in [5.74, 6) is -0.476. The highest BCUT2D eigenvalue weighted by Crippen LogP contribution is 2.39. The molecule has 0 saturated carbocycles. The van der Waals surface area contributed by atoms with Gasteiger partial charge in [0.25, 0.3) is 0 Å². The van der Waals surface area contributed by atoms with Crippen LogP contribution in [0.5, 0.6) is 0 Å². The summed E-state index contributed by atoms with van der Waals surface area (Å²) in [4.78, 5) is 12.6. The number of ether oxygens (including phenoxy) is 4. The standard InChI is InChI=1S/C21H22O6S/c1-13(22)25-19-17(23)18-16(26-21(19)28-15-10-6-3-7-11-15)12-24-20(27-18)14-8-4-2-5-9-14/h2-11,16-21,23H,12H2,1H3/t16?,17?,18-,19?,20?,21-/m1/s1. The van der Waals surface area contributed by atoms with Crippen LogP contribution in [0, 0.1) is 0 Å². The van der Waals surface area contributed by atoms with Crippen molar-refractivity contribution < 1.29 is 28.8 Å². The molecule has 2 fully saturated rings. The number of aliphatic hydroxyl groups excluding tert-OH is 1. The van der Waals surface area contributed by atoms with E-state index in [-0.39, 0.29) is 6.61 Å². The van der Waals surface area contributed by atoms with Gasteiger partial charge >= 0.3 is 5.97 Å². The van der Waals surface area contributed by atoms with Gasteiger partial charge in [-0.2, -0.15) is 0 Å². The Hall–Kier alpha value is -1.90. The SMILES string of the molecule is CC(=O)OC1C(O)[C@@H]2OC(c3ccccc3)OCC2O[C@@H]1Sc1ccccc1. The van der Waals surface area contributed by atoms with Gasteiger partial charge < -0.3 is 24.1 Å². The lowest BCUT2D eigenvalue weighted by Crippen LogP contribution is -2.61. The highest BCUT2D eigenvalue weighted by molar-refractivity contribution is 7.99. The zero-order valence-corrected chi connectivity index (χ0v) is 16.2. The van der Waals surface area contributed by atoms with Gasteiger partial charge in [-0.15, -0.1) is 0 Å². The third-order valence-electron chi connectivity index (χ3n) is 4.68. The van der Waals surface area contributed by atoms with Crippen LogP contribution in [0.25, 0.3) is 0 Å². The number of benzene rings is 2. The van der Waals surface area contributed by atoms with Crippen molar-refractivity contribution in [3.63, 3.8) is 0 Å². The Balaban J connectivity index is 1.53. The maximum Gasteiger partial charge on any atom is 0.303 e. The molecule has 0 radical (unpaired) electrons. The van der Waals surface area contributed by atoms with Crippen molar-refractivity contribution in [1.29, 1.82) is 0 Å². The molecule has 6 nitrogen and oxygen atoms in total. The molecule has 2 saturated heterocycles. The highest BCUT2D eigenvalue weighted by Gasteiger charge is 2.51. The lowest BCUT2D eigenvalue weighted by molar-refractivity contribution is -0.319. The van der Waals surface area contributed by atoms with Gasteiger partial charge in [-0.25, -0.2) is 0 Å². The Labute approximate surface area is 167 Å². The Morgan fingerprint density at radius 3 is 2.43 bits per heavy atom. The van der Waals surface area contributed by atoms with E-state index in [4.69, 9.17) is 18.9 Å². The smallest absolute Gasteiger partial charge is 0.303 e. The molecule has 0 bridgehead atoms. The van der Waals surface area contributed by atoms with Gasteiger partial charge in [0, 0.05) is 17.4 Å². The summed E-state index contributed by atoms with van der Waals surface area (Å²) in [6.07, 6.45) is -3.59. The Morgan fingerprint density at radius 1 is 1.07 bits per heavy atom. The van der Waals surface area contributed by atoms with Crippen molar-refractivity contribution in [2.24, 2.45) is 0 Å². The fourth-order valence-electron chi connectivity index (χ4n) is 3.39. The third kappa shape index (κ3) is 4.24. The van der Waals surface area contributed by atoms with Crippen LogP contribution < -0.4 is 0 Å². The summed E-state index contributed by atoms with van der Waals surface area (Å²) in [5, 5.41) is 11.0. The van der Waals surface area contributed by atoms with Gasteiger partial charge in [-0.3, -0.25) is 4.79 Å². The van der Waals surface area contributed by atoms with Crippen LogP contribution in [-0.2, 0) is 23.7 Å². The molecule has 6 atom stereocenters. The molecule has 2 heterocycles. The monoisotopic (exact) mass is 402 g/mol. The molecule has 2 aliphatic rings. The molecule has 0 aromatic heterocycles. The average Bonchev–Trinajstić information content (AvgIpc) is 2.72. The van der Waals surface area contributed by atoms with E-state index >= 15 is 0 Å². The summed E-state index contributed by atoms with van der Waals surface area (Å²) in [7, 11) is 0. The second kappa shape index (κ2) is 8.63. The number of carbonyl (C=O) groups is 1. The van der Waals surface area contributed by atoms with Crippen molar-refractivity contribution >= 4 is 17.7 Å². The molecule has 1 N–H and O–H groups in total. The molecule has 4 rings (SSSR count). The zero-order valence-electron chi connectivity index (χ0n) is 15.3. The molecule has 4 unspecified atom stereocenters. The summed E-state index contributed by atoms with van der Waals surface area (Å²) in [5.41, 5.74) is 0.293. The Kier molecular flexibility index (Phi) is 5.99. The molecule has 2 aliphatic heterocycles. The summed E-state index contributed by atoms with van der Waals surface area (Å²) in [6, 6.07) is 19.2. The van der Waals surface area contributed by atoms with Crippen LogP contribution in [0.4, 0.5) is 0 Å². The first kappa shape index (κ1) is 19.4. The van der Waals surface area contributed by atoms with Crippen molar-refractivity contribution in [1.82, 2.24) is 0 Å². The number of aliphatic hydroxyl groups is 1. The second-order valence-corrected chi connectivity index (χ2v) is 7.89. The Bertz CT molecular complexity index is 786. The third-order valence-corrected chi connectivity index (χ3v) is 5.83. The first-order valence-corrected chi connectivity index (χ1v) is 10.0. The van der Waals surface area contributed by atoms with E-state index in [0.717, 1.165) is 10.5 Å². The number of carbonyl (C=O) groups excluding carboxylic acids is 1. The maximum atomic E-state index is 11.6. The van der Waals surface area contributed by atoms with E-state index in [1.165, 1.54) is 18.7 Å². The quantitative estimate of drug-likeness (QED) is 0.788. The van der Waals surface area contributed by atoms with E-state index in [1.54, 1.807) is 0 Å². The van der Waals surface area contributed by atoms with E-state index in [9.17, 15) is 9.90 Å². The molecule has 2 aromatic rings. The van der Waals surface area contributed by atoms with Gasteiger partial charge in [0.05, 0.1) is 6.61 Å². The van der Waals surface area contributed by atoms with Crippen LogP contribution >= 0.6 is 11.8 Å². The first-order chi connectivity index (χ1) is 13.6. The topological polar surface area (TPSA) is 74.2 Å². The number of rotatable bonds is 4. The molecule has 0 aliphatic carbocycles. The van der Waals surface area contributed by atoms with Crippen LogP contribution in [0.2, 0.25) is 0 Å². The minimum atomic E-state index is -1.03. The van der Waals surface area contributed by atoms with Gasteiger partial charge in [0.1, 0.15) is 23.7 Å². The van der Waals surface area contributed by atoms with Crippen molar-refractivity contribution in [2.45, 2.75) is 48.0 Å². The van der Waals surface area contributed by atoms with E-state index in [1.807, 2.05) is 60.7 Å². The minimum Gasteiger partial charge on any atom is -0.456 e. The van der Waals surface area contributed by atoms with Crippen LogP contribution in [0.1, 0.15) is 18.8 Å². The second-order valence-electron chi connectivity index (χ2n) is 6.72. The number of hydrogen-bond acceptors (Lipinski definition) is 7. The van der Waals surface area contributed by atoms with Crippen molar-refractivity contribution in [2.75, 3.05) is 6.61 Å². The molecular formula is C21H22O6S. The lowest BCUT2D eigenvalue weighted by atomic mass is 9.98. The largest absolute Gasteiger partial charge is 0.456 e. The fraction of sp³-hybridized carbons (Fsp3) is 0.381. The fourth-order valence-corrected chi connectivity index (χ4v) is 4.52. The number of esters is 1. The van der Waals surface area contributed by atoms with E-state index in [0.29, 0.717) is 0 Å². The van der Waals surface area contributed by atoms with Gasteiger partial charge in [-0.1, -0.05) is 60.3 Å². The van der Waals surface area contributed by atoms with Crippen molar-refractivity contribution in [3.8, 4) is 0 Å². The van der Waals surface area contributed by atoms with E-state index < -0.39 is 42.1 Å². The maximum absolute atomic E-state index is 11.6.